The molecule has 3 rings (SSSR count). The number of fused-ring (bicyclic) bond motifs is 1. The van der Waals surface area contributed by atoms with Crippen molar-refractivity contribution in [1.29, 1.82) is 0 Å². The number of hydrogen-bond donors (Lipinski definition) is 0. The summed E-state index contributed by atoms with van der Waals surface area (Å²) in [5.74, 6) is 0.655. The molecule has 0 aliphatic carbocycles. The van der Waals surface area contributed by atoms with E-state index >= 15 is 0 Å². The van der Waals surface area contributed by atoms with Gasteiger partial charge in [0.2, 0.25) is 0 Å². The molecule has 108 valence electrons. The van der Waals surface area contributed by atoms with E-state index in [-0.39, 0.29) is 11.5 Å². The second-order valence-corrected chi connectivity index (χ2v) is 6.36. The topological polar surface area (TPSA) is 42.3 Å². The first kappa shape index (κ1) is 14.2. The van der Waals surface area contributed by atoms with Gasteiger partial charge in [0.25, 0.3) is 11.5 Å². The summed E-state index contributed by atoms with van der Waals surface area (Å²) in [5.41, 5.74) is 1.01. The third-order valence-corrected chi connectivity index (χ3v) is 4.66. The maximum Gasteiger partial charge on any atom is 0.258 e. The Morgan fingerprint density at radius 1 is 1.29 bits per heavy atom. The number of hydrogen-bond acceptors (Lipinski definition) is 3. The van der Waals surface area contributed by atoms with Gasteiger partial charge >= 0.3 is 0 Å². The largest absolute Gasteiger partial charge is 0.319 e. The first-order valence-electron chi connectivity index (χ1n) is 6.47. The summed E-state index contributed by atoms with van der Waals surface area (Å²) in [6, 6.07) is 8.57. The lowest BCUT2D eigenvalue weighted by Gasteiger charge is -2.29. The maximum atomic E-state index is 12.7. The van der Waals surface area contributed by atoms with Gasteiger partial charge in [0.05, 0.1) is 5.69 Å². The summed E-state index contributed by atoms with van der Waals surface area (Å²) in [6.45, 7) is 0.603. The number of amides is 1. The van der Waals surface area contributed by atoms with E-state index in [1.807, 2.05) is 12.1 Å². The molecule has 1 aromatic carbocycles. The van der Waals surface area contributed by atoms with Gasteiger partial charge in [0.15, 0.2) is 0 Å². The number of carbonyl (C=O) groups excluding carboxylic acids is 1. The molecular formula is C15H13ClN2O2S. The monoisotopic (exact) mass is 320 g/mol. The fourth-order valence-electron chi connectivity index (χ4n) is 2.24. The van der Waals surface area contributed by atoms with Crippen LogP contribution in [-0.4, -0.2) is 22.8 Å². The minimum Gasteiger partial charge on any atom is -0.319 e. The van der Waals surface area contributed by atoms with Crippen molar-refractivity contribution in [2.75, 3.05) is 17.2 Å². The van der Waals surface area contributed by atoms with Crippen LogP contribution in [0.4, 0.5) is 5.69 Å². The average molecular weight is 321 g/mol. The van der Waals surface area contributed by atoms with Crippen LogP contribution in [0.2, 0.25) is 5.02 Å². The molecule has 2 heterocycles. The minimum absolute atomic E-state index is 0.170. The lowest BCUT2D eigenvalue weighted by molar-refractivity contribution is 0.0987. The Bertz CT molecular complexity index is 773. The zero-order valence-electron chi connectivity index (χ0n) is 11.4. The van der Waals surface area contributed by atoms with Gasteiger partial charge in [0, 0.05) is 47.1 Å². The molecule has 0 atom stereocenters. The first-order chi connectivity index (χ1) is 10.1. The van der Waals surface area contributed by atoms with Gasteiger partial charge in [-0.2, -0.15) is 0 Å². The van der Waals surface area contributed by atoms with Crippen molar-refractivity contribution in [2.45, 2.75) is 4.90 Å². The van der Waals surface area contributed by atoms with Crippen molar-refractivity contribution in [3.05, 3.63) is 57.5 Å². The highest BCUT2D eigenvalue weighted by Crippen LogP contribution is 2.37. The Morgan fingerprint density at radius 3 is 2.86 bits per heavy atom. The van der Waals surface area contributed by atoms with Crippen molar-refractivity contribution >= 4 is 35.0 Å². The van der Waals surface area contributed by atoms with E-state index in [2.05, 4.69) is 0 Å². The Labute approximate surface area is 131 Å². The second kappa shape index (κ2) is 5.58. The van der Waals surface area contributed by atoms with Crippen LogP contribution in [-0.2, 0) is 7.05 Å². The van der Waals surface area contributed by atoms with Crippen molar-refractivity contribution in [3.63, 3.8) is 0 Å². The van der Waals surface area contributed by atoms with Gasteiger partial charge < -0.3 is 9.47 Å². The molecule has 21 heavy (non-hydrogen) atoms. The molecule has 1 aliphatic rings. The number of pyridine rings is 1. The molecule has 1 amide bonds. The van der Waals surface area contributed by atoms with E-state index in [4.69, 9.17) is 11.6 Å². The smallest absolute Gasteiger partial charge is 0.258 e. The minimum atomic E-state index is -0.196. The molecule has 0 saturated carbocycles. The van der Waals surface area contributed by atoms with Crippen molar-refractivity contribution in [2.24, 2.45) is 7.05 Å². The quantitative estimate of drug-likeness (QED) is 0.811. The molecule has 0 radical (unpaired) electrons. The standard InChI is InChI=1S/C15H13ClN2O2S/c1-17-5-4-10(8-14(17)19)15(20)18-6-7-21-13-3-2-11(16)9-12(13)18/h2-5,8-9H,6-7H2,1H3. The van der Waals surface area contributed by atoms with Gasteiger partial charge in [0.1, 0.15) is 0 Å². The zero-order valence-corrected chi connectivity index (χ0v) is 12.9. The number of rotatable bonds is 1. The van der Waals surface area contributed by atoms with Crippen LogP contribution in [0.5, 0.6) is 0 Å². The molecule has 6 heteroatoms. The van der Waals surface area contributed by atoms with Gasteiger partial charge in [-0.15, -0.1) is 11.8 Å². The molecule has 0 spiro atoms. The van der Waals surface area contributed by atoms with Crippen molar-refractivity contribution < 1.29 is 4.79 Å². The number of nitrogens with zero attached hydrogens (tertiary/aromatic N) is 2. The summed E-state index contributed by atoms with van der Waals surface area (Å²) in [4.78, 5) is 27.1. The summed E-state index contributed by atoms with van der Waals surface area (Å²) < 4.78 is 1.44. The molecular weight excluding hydrogens is 308 g/mol. The molecule has 0 unspecified atom stereocenters. The highest BCUT2D eigenvalue weighted by molar-refractivity contribution is 7.99. The van der Waals surface area contributed by atoms with Gasteiger partial charge in [-0.1, -0.05) is 11.6 Å². The fraction of sp³-hybridized carbons (Fsp3) is 0.200. The van der Waals surface area contributed by atoms with Crippen LogP contribution in [0.3, 0.4) is 0 Å². The molecule has 1 aromatic heterocycles. The fourth-order valence-corrected chi connectivity index (χ4v) is 3.38. The van der Waals surface area contributed by atoms with Crippen molar-refractivity contribution in [1.82, 2.24) is 4.57 Å². The Morgan fingerprint density at radius 2 is 2.10 bits per heavy atom. The number of benzene rings is 1. The van der Waals surface area contributed by atoms with E-state index in [1.54, 1.807) is 42.0 Å². The first-order valence-corrected chi connectivity index (χ1v) is 7.83. The lowest BCUT2D eigenvalue weighted by Crippen LogP contribution is -2.36. The number of thioether (sulfide) groups is 1. The summed E-state index contributed by atoms with van der Waals surface area (Å²) in [5, 5.41) is 0.595. The Hall–Kier alpha value is -1.72. The van der Waals surface area contributed by atoms with Crippen LogP contribution >= 0.6 is 23.4 Å². The van der Waals surface area contributed by atoms with E-state index < -0.39 is 0 Å². The van der Waals surface area contributed by atoms with Crippen LogP contribution in [0.15, 0.2) is 46.2 Å². The predicted octanol–water partition coefficient (Wildman–Crippen LogP) is 2.79. The molecule has 0 bridgehead atoms. The maximum absolute atomic E-state index is 12.7. The van der Waals surface area contributed by atoms with Crippen molar-refractivity contribution in [3.8, 4) is 0 Å². The molecule has 0 fully saturated rings. The number of aryl methyl sites for hydroxylation is 1. The normalized spacial score (nSPS) is 13.9. The molecule has 2 aromatic rings. The van der Waals surface area contributed by atoms with Gasteiger partial charge in [-0.3, -0.25) is 9.59 Å². The Balaban J connectivity index is 2.01. The van der Waals surface area contributed by atoms with Crippen LogP contribution in [0.1, 0.15) is 10.4 Å². The SMILES string of the molecule is Cn1ccc(C(=O)N2CCSc3ccc(Cl)cc32)cc1=O. The zero-order chi connectivity index (χ0) is 15.0. The molecule has 4 nitrogen and oxygen atoms in total. The van der Waals surface area contributed by atoms with Gasteiger partial charge in [-0.25, -0.2) is 0 Å². The highest BCUT2D eigenvalue weighted by Gasteiger charge is 2.24. The summed E-state index contributed by atoms with van der Waals surface area (Å²) >= 11 is 7.74. The van der Waals surface area contributed by atoms with E-state index in [1.165, 1.54) is 10.6 Å². The number of anilines is 1. The number of aromatic nitrogens is 1. The van der Waals surface area contributed by atoms with Crippen LogP contribution in [0.25, 0.3) is 0 Å². The second-order valence-electron chi connectivity index (χ2n) is 4.78. The number of halogens is 1. The third kappa shape index (κ3) is 2.71. The van der Waals surface area contributed by atoms with E-state index in [0.717, 1.165) is 16.3 Å². The molecule has 0 N–H and O–H groups in total. The van der Waals surface area contributed by atoms with Gasteiger partial charge in [-0.05, 0) is 24.3 Å². The highest BCUT2D eigenvalue weighted by atomic mass is 35.5. The summed E-state index contributed by atoms with van der Waals surface area (Å²) in [6.07, 6.45) is 1.60. The summed E-state index contributed by atoms with van der Waals surface area (Å²) in [7, 11) is 1.66. The van der Waals surface area contributed by atoms with E-state index in [9.17, 15) is 9.59 Å². The lowest BCUT2D eigenvalue weighted by atomic mass is 10.2. The Kier molecular flexibility index (Phi) is 3.78. The van der Waals surface area contributed by atoms with Crippen LogP contribution in [0, 0.1) is 0 Å². The molecule has 1 aliphatic heterocycles. The van der Waals surface area contributed by atoms with Crippen LogP contribution < -0.4 is 10.5 Å². The average Bonchev–Trinajstić information content (AvgIpc) is 2.48. The van der Waals surface area contributed by atoms with E-state index in [0.29, 0.717) is 17.1 Å². The molecule has 0 saturated heterocycles. The predicted molar refractivity (Wildman–Crippen MR) is 85.5 cm³/mol. The third-order valence-electron chi connectivity index (χ3n) is 3.38. The number of carbonyl (C=O) groups is 1.